The van der Waals surface area contributed by atoms with Crippen molar-refractivity contribution < 1.29 is 0 Å². The molecule has 1 N–H and O–H groups in total. The average molecular weight is 247 g/mol. The number of hydrogen-bond acceptors (Lipinski definition) is 4. The maximum absolute atomic E-state index is 4.40. The first-order valence-corrected chi connectivity index (χ1v) is 6.55. The van der Waals surface area contributed by atoms with Crippen molar-refractivity contribution in [1.82, 2.24) is 10.3 Å². The summed E-state index contributed by atoms with van der Waals surface area (Å²) in [5, 5.41) is 7.43. The molecule has 0 atom stereocenters. The molecule has 4 heteroatoms. The van der Waals surface area contributed by atoms with Crippen molar-refractivity contribution >= 4 is 17.2 Å². The van der Waals surface area contributed by atoms with Crippen molar-refractivity contribution in [2.24, 2.45) is 0 Å². The summed E-state index contributed by atoms with van der Waals surface area (Å²) in [6.07, 6.45) is 1.87. The molecule has 0 radical (unpaired) electrons. The molecule has 0 spiro atoms. The van der Waals surface area contributed by atoms with Crippen LogP contribution >= 0.6 is 11.3 Å². The maximum atomic E-state index is 4.40. The van der Waals surface area contributed by atoms with Crippen LogP contribution < -0.4 is 10.2 Å². The zero-order valence-electron chi connectivity index (χ0n) is 10.2. The first kappa shape index (κ1) is 12.1. The van der Waals surface area contributed by atoms with Gasteiger partial charge >= 0.3 is 0 Å². The maximum Gasteiger partial charge on any atom is 0.128 e. The highest BCUT2D eigenvalue weighted by Crippen LogP contribution is 2.15. The van der Waals surface area contributed by atoms with Crippen molar-refractivity contribution in [3.8, 4) is 0 Å². The minimum atomic E-state index is 0.877. The Kier molecular flexibility index (Phi) is 4.12. The lowest BCUT2D eigenvalue weighted by Gasteiger charge is -2.18. The van der Waals surface area contributed by atoms with Crippen LogP contribution in [-0.4, -0.2) is 19.1 Å². The molecule has 90 valence electrons. The molecule has 2 heterocycles. The molecule has 0 aliphatic heterocycles. The summed E-state index contributed by atoms with van der Waals surface area (Å²) in [7, 11) is 4.03. The Hall–Kier alpha value is -1.39. The van der Waals surface area contributed by atoms with Crippen LogP contribution in [0.5, 0.6) is 0 Å². The van der Waals surface area contributed by atoms with Gasteiger partial charge in [0.15, 0.2) is 0 Å². The zero-order chi connectivity index (χ0) is 12.1. The second kappa shape index (κ2) is 5.80. The Bertz CT molecular complexity index is 453. The van der Waals surface area contributed by atoms with Crippen LogP contribution in [0.1, 0.15) is 11.1 Å². The van der Waals surface area contributed by atoms with E-state index < -0.39 is 0 Å². The number of anilines is 1. The van der Waals surface area contributed by atoms with Gasteiger partial charge in [-0.3, -0.25) is 0 Å². The van der Waals surface area contributed by atoms with Gasteiger partial charge in [-0.05, 0) is 47.1 Å². The number of nitrogens with one attached hydrogen (secondary N) is 1. The topological polar surface area (TPSA) is 28.2 Å². The number of pyridine rings is 1. The third kappa shape index (κ3) is 3.28. The van der Waals surface area contributed by atoms with Crippen LogP contribution in [0, 0.1) is 0 Å². The summed E-state index contributed by atoms with van der Waals surface area (Å²) in [6, 6.07) is 6.32. The molecule has 0 aromatic carbocycles. The summed E-state index contributed by atoms with van der Waals surface area (Å²) in [6.45, 7) is 1.78. The molecule has 17 heavy (non-hydrogen) atoms. The van der Waals surface area contributed by atoms with Gasteiger partial charge in [0, 0.05) is 26.3 Å². The Morgan fingerprint density at radius 3 is 2.94 bits per heavy atom. The molecule has 0 unspecified atom stereocenters. The number of aromatic nitrogens is 1. The quantitative estimate of drug-likeness (QED) is 0.880. The van der Waals surface area contributed by atoms with E-state index in [9.17, 15) is 0 Å². The molecule has 0 aliphatic rings. The summed E-state index contributed by atoms with van der Waals surface area (Å²) < 4.78 is 0. The van der Waals surface area contributed by atoms with E-state index in [-0.39, 0.29) is 0 Å². The van der Waals surface area contributed by atoms with Crippen molar-refractivity contribution in [1.29, 1.82) is 0 Å². The minimum Gasteiger partial charge on any atom is -0.355 e. The van der Waals surface area contributed by atoms with Gasteiger partial charge in [-0.15, -0.1) is 0 Å². The van der Waals surface area contributed by atoms with Crippen LogP contribution in [0.15, 0.2) is 35.2 Å². The molecule has 3 nitrogen and oxygen atoms in total. The van der Waals surface area contributed by atoms with E-state index in [4.69, 9.17) is 0 Å². The van der Waals surface area contributed by atoms with Gasteiger partial charge in [0.05, 0.1) is 0 Å². The Morgan fingerprint density at radius 2 is 2.24 bits per heavy atom. The van der Waals surface area contributed by atoms with E-state index in [1.165, 1.54) is 11.1 Å². The van der Waals surface area contributed by atoms with Gasteiger partial charge < -0.3 is 10.2 Å². The number of rotatable bonds is 5. The fraction of sp³-hybridized carbons (Fsp3) is 0.308. The second-order valence-electron chi connectivity index (χ2n) is 4.04. The predicted molar refractivity (Wildman–Crippen MR) is 73.4 cm³/mol. The SMILES string of the molecule is CNCc1ccnc(N(C)Cc2ccsc2)c1. The summed E-state index contributed by atoms with van der Waals surface area (Å²) >= 11 is 1.73. The van der Waals surface area contributed by atoms with Crippen LogP contribution in [0.25, 0.3) is 0 Å². The third-order valence-electron chi connectivity index (χ3n) is 2.58. The molecule has 0 fully saturated rings. The average Bonchev–Trinajstić information content (AvgIpc) is 2.83. The van der Waals surface area contributed by atoms with Crippen molar-refractivity contribution in [2.45, 2.75) is 13.1 Å². The normalized spacial score (nSPS) is 10.5. The van der Waals surface area contributed by atoms with E-state index in [0.29, 0.717) is 0 Å². The fourth-order valence-electron chi connectivity index (χ4n) is 1.72. The molecule has 2 aromatic heterocycles. The molecule has 2 aromatic rings. The van der Waals surface area contributed by atoms with E-state index in [0.717, 1.165) is 18.9 Å². The van der Waals surface area contributed by atoms with Crippen LogP contribution in [0.2, 0.25) is 0 Å². The van der Waals surface area contributed by atoms with Crippen molar-refractivity contribution in [3.05, 3.63) is 46.3 Å². The van der Waals surface area contributed by atoms with Crippen molar-refractivity contribution in [2.75, 3.05) is 19.0 Å². The summed E-state index contributed by atoms with van der Waals surface area (Å²) in [4.78, 5) is 6.57. The molecule has 0 bridgehead atoms. The first-order chi connectivity index (χ1) is 8.29. The molecule has 0 aliphatic carbocycles. The third-order valence-corrected chi connectivity index (χ3v) is 3.31. The highest BCUT2D eigenvalue weighted by molar-refractivity contribution is 7.07. The van der Waals surface area contributed by atoms with Gasteiger partial charge in [-0.25, -0.2) is 4.98 Å². The predicted octanol–water partition coefficient (Wildman–Crippen LogP) is 2.50. The molecule has 0 amide bonds. The molecular weight excluding hydrogens is 230 g/mol. The summed E-state index contributed by atoms with van der Waals surface area (Å²) in [5.74, 6) is 1.02. The smallest absolute Gasteiger partial charge is 0.128 e. The van der Waals surface area contributed by atoms with Gasteiger partial charge in [0.1, 0.15) is 5.82 Å². The molecule has 0 saturated carbocycles. The summed E-state index contributed by atoms with van der Waals surface area (Å²) in [5.41, 5.74) is 2.59. The second-order valence-corrected chi connectivity index (χ2v) is 4.82. The Labute approximate surface area is 106 Å². The number of hydrogen-bond donors (Lipinski definition) is 1. The van der Waals surface area contributed by atoms with E-state index >= 15 is 0 Å². The molecular formula is C13H17N3S. The lowest BCUT2D eigenvalue weighted by molar-refractivity contribution is 0.811. The van der Waals surface area contributed by atoms with Gasteiger partial charge in [-0.2, -0.15) is 11.3 Å². The van der Waals surface area contributed by atoms with E-state index in [1.807, 2.05) is 19.3 Å². The largest absolute Gasteiger partial charge is 0.355 e. The van der Waals surface area contributed by atoms with E-state index in [2.05, 4.69) is 45.1 Å². The van der Waals surface area contributed by atoms with Gasteiger partial charge in [0.2, 0.25) is 0 Å². The van der Waals surface area contributed by atoms with E-state index in [1.54, 1.807) is 11.3 Å². The highest BCUT2D eigenvalue weighted by atomic mass is 32.1. The molecule has 2 rings (SSSR count). The minimum absolute atomic E-state index is 0.877. The Morgan fingerprint density at radius 1 is 1.35 bits per heavy atom. The van der Waals surface area contributed by atoms with Gasteiger partial charge in [0.25, 0.3) is 0 Å². The van der Waals surface area contributed by atoms with Crippen LogP contribution in [-0.2, 0) is 13.1 Å². The van der Waals surface area contributed by atoms with Crippen LogP contribution in [0.3, 0.4) is 0 Å². The zero-order valence-corrected chi connectivity index (χ0v) is 11.0. The number of nitrogens with zero attached hydrogens (tertiary/aromatic N) is 2. The van der Waals surface area contributed by atoms with Crippen molar-refractivity contribution in [3.63, 3.8) is 0 Å². The molecule has 0 saturated heterocycles. The van der Waals surface area contributed by atoms with Gasteiger partial charge in [-0.1, -0.05) is 0 Å². The standard InChI is InChI=1S/C13H17N3S/c1-14-8-11-3-5-15-13(7-11)16(2)9-12-4-6-17-10-12/h3-7,10,14H,8-9H2,1-2H3. The fourth-order valence-corrected chi connectivity index (χ4v) is 2.38. The Balaban J connectivity index is 2.07. The highest BCUT2D eigenvalue weighted by Gasteiger charge is 2.04. The lowest BCUT2D eigenvalue weighted by atomic mass is 10.2. The lowest BCUT2D eigenvalue weighted by Crippen LogP contribution is -2.17. The van der Waals surface area contributed by atoms with Crippen LogP contribution in [0.4, 0.5) is 5.82 Å². The number of thiophene rings is 1. The first-order valence-electron chi connectivity index (χ1n) is 5.61. The monoisotopic (exact) mass is 247 g/mol.